The largest absolute Gasteiger partial charge is 0.496 e. The lowest BCUT2D eigenvalue weighted by atomic mass is 9.88. The van der Waals surface area contributed by atoms with Crippen LogP contribution in [0.2, 0.25) is 0 Å². The maximum atomic E-state index is 13.3. The van der Waals surface area contributed by atoms with Gasteiger partial charge >= 0.3 is 12.2 Å². The summed E-state index contributed by atoms with van der Waals surface area (Å²) < 4.78 is 45.6. The average molecular weight is 519 g/mol. The Hall–Kier alpha value is -2.94. The van der Waals surface area contributed by atoms with Crippen LogP contribution in [0.3, 0.4) is 0 Å². The van der Waals surface area contributed by atoms with Crippen LogP contribution in [-0.2, 0) is 6.18 Å². The van der Waals surface area contributed by atoms with E-state index in [2.05, 4.69) is 24.1 Å². The van der Waals surface area contributed by atoms with Crippen molar-refractivity contribution in [2.24, 2.45) is 0 Å². The van der Waals surface area contributed by atoms with Crippen LogP contribution in [0.1, 0.15) is 49.3 Å². The zero-order valence-electron chi connectivity index (χ0n) is 22.1. The lowest BCUT2D eigenvalue weighted by Gasteiger charge is -2.37. The number of rotatable bonds is 5. The number of nitrogens with one attached hydrogen (secondary N) is 1. The van der Waals surface area contributed by atoms with Crippen molar-refractivity contribution >= 4 is 17.4 Å². The number of piperidine rings is 1. The number of halogens is 3. The van der Waals surface area contributed by atoms with Crippen LogP contribution >= 0.6 is 0 Å². The molecule has 2 aromatic carbocycles. The van der Waals surface area contributed by atoms with Gasteiger partial charge in [0.15, 0.2) is 0 Å². The molecular weight excluding hydrogens is 481 g/mol. The minimum atomic E-state index is -4.38. The van der Waals surface area contributed by atoms with Gasteiger partial charge in [-0.3, -0.25) is 0 Å². The summed E-state index contributed by atoms with van der Waals surface area (Å²) >= 11 is 0. The van der Waals surface area contributed by atoms with Gasteiger partial charge in [0, 0.05) is 43.6 Å². The van der Waals surface area contributed by atoms with Gasteiger partial charge in [-0.1, -0.05) is 6.07 Å². The highest BCUT2D eigenvalue weighted by Crippen LogP contribution is 2.37. The molecule has 0 unspecified atom stereocenters. The van der Waals surface area contributed by atoms with Crippen molar-refractivity contribution in [3.8, 4) is 5.75 Å². The minimum Gasteiger partial charge on any atom is -0.496 e. The number of benzene rings is 2. The molecule has 2 amide bonds. The van der Waals surface area contributed by atoms with Crippen molar-refractivity contribution in [2.45, 2.75) is 51.7 Å². The molecule has 37 heavy (non-hydrogen) atoms. The van der Waals surface area contributed by atoms with Crippen molar-refractivity contribution < 1.29 is 22.7 Å². The fourth-order valence-electron chi connectivity index (χ4n) is 5.48. The van der Waals surface area contributed by atoms with Crippen LogP contribution in [0.5, 0.6) is 5.75 Å². The molecule has 0 atom stereocenters. The van der Waals surface area contributed by atoms with E-state index in [0.717, 1.165) is 49.0 Å². The first-order chi connectivity index (χ1) is 17.6. The van der Waals surface area contributed by atoms with Gasteiger partial charge in [0.1, 0.15) is 5.75 Å². The highest BCUT2D eigenvalue weighted by atomic mass is 19.4. The summed E-state index contributed by atoms with van der Waals surface area (Å²) in [7, 11) is 1.67. The van der Waals surface area contributed by atoms with Crippen LogP contribution in [0.25, 0.3) is 0 Å². The van der Waals surface area contributed by atoms with Crippen molar-refractivity contribution in [1.82, 2.24) is 9.80 Å². The Bertz CT molecular complexity index is 1090. The molecule has 2 fully saturated rings. The van der Waals surface area contributed by atoms with Gasteiger partial charge < -0.3 is 24.8 Å². The second kappa shape index (κ2) is 11.2. The number of amides is 2. The first-order valence-corrected chi connectivity index (χ1v) is 13.0. The Morgan fingerprint density at radius 3 is 2.30 bits per heavy atom. The fraction of sp³-hybridized carbons (Fsp3) is 0.536. The quantitative estimate of drug-likeness (QED) is 0.530. The molecule has 0 radical (unpaired) electrons. The normalized spacial score (nSPS) is 17.8. The van der Waals surface area contributed by atoms with Gasteiger partial charge in [-0.2, -0.15) is 13.2 Å². The van der Waals surface area contributed by atoms with E-state index in [4.69, 9.17) is 4.74 Å². The molecule has 202 valence electrons. The van der Waals surface area contributed by atoms with E-state index < -0.39 is 11.7 Å². The number of methoxy groups -OCH3 is 1. The summed E-state index contributed by atoms with van der Waals surface area (Å²) in [5, 5.41) is 3.02. The Labute approximate surface area is 217 Å². The smallest absolute Gasteiger partial charge is 0.416 e. The van der Waals surface area contributed by atoms with Gasteiger partial charge in [-0.25, -0.2) is 4.79 Å². The molecule has 4 rings (SSSR count). The molecule has 2 saturated heterocycles. The topological polar surface area (TPSA) is 48.1 Å². The van der Waals surface area contributed by atoms with E-state index in [-0.39, 0.29) is 11.6 Å². The van der Waals surface area contributed by atoms with Gasteiger partial charge in [0.05, 0.1) is 12.7 Å². The second-order valence-corrected chi connectivity index (χ2v) is 10.2. The van der Waals surface area contributed by atoms with Crippen molar-refractivity contribution in [1.29, 1.82) is 0 Å². The first kappa shape index (κ1) is 27.1. The molecule has 1 N–H and O–H groups in total. The predicted octanol–water partition coefficient (Wildman–Crippen LogP) is 5.96. The third-order valence-corrected chi connectivity index (χ3v) is 7.70. The monoisotopic (exact) mass is 518 g/mol. The number of hydrogen-bond donors (Lipinski definition) is 1. The molecular formula is C28H37F3N4O2. The highest BCUT2D eigenvalue weighted by molar-refractivity contribution is 5.89. The number of anilines is 2. The maximum absolute atomic E-state index is 13.3. The third-order valence-electron chi connectivity index (χ3n) is 7.70. The SMILES string of the molecule is COc1ccc(NC(=O)N2CCN(c3cccc(C(F)(F)F)c3C)CC2)cc1C1CCN(C(C)C)CC1. The molecule has 0 saturated carbocycles. The number of ether oxygens (including phenoxy) is 1. The molecule has 0 aromatic heterocycles. The third kappa shape index (κ3) is 6.14. The number of urea groups is 1. The van der Waals surface area contributed by atoms with E-state index in [1.165, 1.54) is 13.0 Å². The average Bonchev–Trinajstić information content (AvgIpc) is 2.88. The molecule has 0 spiro atoms. The van der Waals surface area contributed by atoms with Crippen molar-refractivity contribution in [3.63, 3.8) is 0 Å². The Morgan fingerprint density at radius 2 is 1.70 bits per heavy atom. The molecule has 2 heterocycles. The highest BCUT2D eigenvalue weighted by Gasteiger charge is 2.34. The van der Waals surface area contributed by atoms with E-state index in [0.29, 0.717) is 43.8 Å². The zero-order valence-corrected chi connectivity index (χ0v) is 22.1. The lowest BCUT2D eigenvalue weighted by Crippen LogP contribution is -2.50. The van der Waals surface area contributed by atoms with E-state index in [1.807, 2.05) is 23.1 Å². The van der Waals surface area contributed by atoms with E-state index >= 15 is 0 Å². The van der Waals surface area contributed by atoms with E-state index in [9.17, 15) is 18.0 Å². The standard InChI is InChI=1S/C28H37F3N4O2/c1-19(2)33-12-10-21(11-13-33)23-18-22(8-9-26(23)37-4)32-27(36)35-16-14-34(15-17-35)25-7-5-6-24(20(25)3)28(29,30)31/h5-9,18-19,21H,10-17H2,1-4H3,(H,32,36). The number of nitrogens with zero attached hydrogens (tertiary/aromatic N) is 3. The lowest BCUT2D eigenvalue weighted by molar-refractivity contribution is -0.138. The zero-order chi connectivity index (χ0) is 26.7. The van der Waals surface area contributed by atoms with Gasteiger partial charge in [-0.05, 0) is 94.1 Å². The summed E-state index contributed by atoms with van der Waals surface area (Å²) in [6.07, 6.45) is -2.30. The summed E-state index contributed by atoms with van der Waals surface area (Å²) in [5.41, 5.74) is 2.02. The fourth-order valence-corrected chi connectivity index (χ4v) is 5.48. The minimum absolute atomic E-state index is 0.203. The number of piperazine rings is 1. The number of hydrogen-bond acceptors (Lipinski definition) is 4. The van der Waals surface area contributed by atoms with E-state index in [1.54, 1.807) is 18.1 Å². The molecule has 6 nitrogen and oxygen atoms in total. The molecule has 9 heteroatoms. The van der Waals surface area contributed by atoms with Crippen LogP contribution < -0.4 is 15.0 Å². The van der Waals surface area contributed by atoms with Gasteiger partial charge in [0.25, 0.3) is 0 Å². The molecule has 0 aliphatic carbocycles. The maximum Gasteiger partial charge on any atom is 0.416 e. The number of carbonyl (C=O) groups excluding carboxylic acids is 1. The number of likely N-dealkylation sites (tertiary alicyclic amines) is 1. The molecule has 2 aliphatic rings. The summed E-state index contributed by atoms with van der Waals surface area (Å²) in [6.45, 7) is 9.82. The van der Waals surface area contributed by atoms with Crippen LogP contribution in [0.15, 0.2) is 36.4 Å². The summed E-state index contributed by atoms with van der Waals surface area (Å²) in [4.78, 5) is 19.1. The summed E-state index contributed by atoms with van der Waals surface area (Å²) in [5.74, 6) is 1.21. The van der Waals surface area contributed by atoms with Crippen LogP contribution in [-0.4, -0.2) is 68.3 Å². The Kier molecular flexibility index (Phi) is 8.21. The van der Waals surface area contributed by atoms with Crippen molar-refractivity contribution in [2.75, 3.05) is 56.6 Å². The summed E-state index contributed by atoms with van der Waals surface area (Å²) in [6, 6.07) is 10.4. The molecule has 2 aliphatic heterocycles. The van der Waals surface area contributed by atoms with Crippen molar-refractivity contribution in [3.05, 3.63) is 53.1 Å². The Morgan fingerprint density at radius 1 is 1.03 bits per heavy atom. The second-order valence-electron chi connectivity index (χ2n) is 10.2. The molecule has 0 bridgehead atoms. The van der Waals surface area contributed by atoms with Crippen LogP contribution in [0.4, 0.5) is 29.3 Å². The predicted molar refractivity (Wildman–Crippen MR) is 141 cm³/mol. The Balaban J connectivity index is 1.39. The number of carbonyl (C=O) groups is 1. The number of alkyl halides is 3. The molecule has 2 aromatic rings. The van der Waals surface area contributed by atoms with Crippen LogP contribution in [0, 0.1) is 6.92 Å². The first-order valence-electron chi connectivity index (χ1n) is 13.0. The van der Waals surface area contributed by atoms with Gasteiger partial charge in [0.2, 0.25) is 0 Å². The van der Waals surface area contributed by atoms with Gasteiger partial charge in [-0.15, -0.1) is 0 Å².